The maximum Gasteiger partial charge on any atom is 0.255 e. The molecule has 108 valence electrons. The van der Waals surface area contributed by atoms with Crippen LogP contribution in [0.1, 0.15) is 10.4 Å². The number of ether oxygens (including phenoxy) is 1. The lowest BCUT2D eigenvalue weighted by atomic mass is 10.2. The molecule has 3 rings (SSSR count). The summed E-state index contributed by atoms with van der Waals surface area (Å²) < 4.78 is 5.62. The number of pyridine rings is 1. The minimum atomic E-state index is 0.0501. The number of nitrogens with zero attached hydrogens (tertiary/aromatic N) is 2. The number of hydrogen-bond acceptors (Lipinski definition) is 4. The Labute approximate surface area is 128 Å². The lowest BCUT2D eigenvalue weighted by Crippen LogP contribution is -2.37. The van der Waals surface area contributed by atoms with Crippen LogP contribution in [0.5, 0.6) is 11.6 Å². The molecule has 1 aliphatic rings. The normalized spacial score (nSPS) is 14.8. The highest BCUT2D eigenvalue weighted by Crippen LogP contribution is 2.19. The van der Waals surface area contributed by atoms with E-state index in [2.05, 4.69) is 4.98 Å². The molecule has 0 bridgehead atoms. The third-order valence-corrected chi connectivity index (χ3v) is 4.19. The molecule has 0 saturated carbocycles. The van der Waals surface area contributed by atoms with E-state index in [1.807, 2.05) is 47.0 Å². The van der Waals surface area contributed by atoms with Crippen LogP contribution in [-0.4, -0.2) is 40.4 Å². The zero-order valence-corrected chi connectivity index (χ0v) is 12.4. The molecule has 1 aliphatic heterocycles. The van der Waals surface area contributed by atoms with E-state index in [1.165, 1.54) is 0 Å². The largest absolute Gasteiger partial charge is 0.439 e. The summed E-state index contributed by atoms with van der Waals surface area (Å²) in [5, 5.41) is 0. The molecular weight excluding hydrogens is 284 g/mol. The van der Waals surface area contributed by atoms with E-state index in [9.17, 15) is 4.79 Å². The third-order valence-electron chi connectivity index (χ3n) is 3.25. The summed E-state index contributed by atoms with van der Waals surface area (Å²) in [5.41, 5.74) is 0.613. The van der Waals surface area contributed by atoms with Crippen molar-refractivity contribution in [3.05, 3.63) is 54.2 Å². The molecule has 0 aliphatic carbocycles. The van der Waals surface area contributed by atoms with Gasteiger partial charge in [0.15, 0.2) is 0 Å². The Hall–Kier alpha value is -2.01. The zero-order valence-electron chi connectivity index (χ0n) is 11.6. The molecule has 21 heavy (non-hydrogen) atoms. The minimum absolute atomic E-state index is 0.0501. The highest BCUT2D eigenvalue weighted by Gasteiger charge is 2.18. The standard InChI is InChI=1S/C16H16N2O2S/c19-16(18-8-10-21-11-9-18)13-6-7-15(17-12-13)20-14-4-2-1-3-5-14/h1-7,12H,8-11H2. The summed E-state index contributed by atoms with van der Waals surface area (Å²) in [6.45, 7) is 1.62. The van der Waals surface area contributed by atoms with Crippen LogP contribution in [0.3, 0.4) is 0 Å². The van der Waals surface area contributed by atoms with Gasteiger partial charge < -0.3 is 9.64 Å². The molecule has 2 aromatic rings. The molecule has 1 fully saturated rings. The molecule has 0 N–H and O–H groups in total. The number of amides is 1. The van der Waals surface area contributed by atoms with Gasteiger partial charge in [-0.3, -0.25) is 4.79 Å². The van der Waals surface area contributed by atoms with Crippen LogP contribution < -0.4 is 4.74 Å². The van der Waals surface area contributed by atoms with Gasteiger partial charge in [-0.05, 0) is 18.2 Å². The summed E-state index contributed by atoms with van der Waals surface area (Å²) in [7, 11) is 0. The van der Waals surface area contributed by atoms with Gasteiger partial charge >= 0.3 is 0 Å². The molecular formula is C16H16N2O2S. The molecule has 1 saturated heterocycles. The highest BCUT2D eigenvalue weighted by molar-refractivity contribution is 7.99. The Morgan fingerprint density at radius 1 is 1.10 bits per heavy atom. The van der Waals surface area contributed by atoms with Gasteiger partial charge in [-0.15, -0.1) is 0 Å². The summed E-state index contributed by atoms with van der Waals surface area (Å²) in [6, 6.07) is 13.0. The Bertz CT molecular complexity index is 595. The number of para-hydroxylation sites is 1. The predicted octanol–water partition coefficient (Wildman–Crippen LogP) is 3.06. The second kappa shape index (κ2) is 6.63. The lowest BCUT2D eigenvalue weighted by molar-refractivity contribution is 0.0772. The summed E-state index contributed by atoms with van der Waals surface area (Å²) in [4.78, 5) is 18.4. The Morgan fingerprint density at radius 2 is 1.86 bits per heavy atom. The van der Waals surface area contributed by atoms with E-state index >= 15 is 0 Å². The van der Waals surface area contributed by atoms with Crippen molar-refractivity contribution in [1.29, 1.82) is 0 Å². The Morgan fingerprint density at radius 3 is 2.52 bits per heavy atom. The molecule has 0 spiro atoms. The average Bonchev–Trinajstić information content (AvgIpc) is 2.57. The van der Waals surface area contributed by atoms with Gasteiger partial charge in [0.25, 0.3) is 5.91 Å². The first-order valence-electron chi connectivity index (χ1n) is 6.89. The highest BCUT2D eigenvalue weighted by atomic mass is 32.2. The Balaban J connectivity index is 1.67. The summed E-state index contributed by atoms with van der Waals surface area (Å²) in [6.07, 6.45) is 1.59. The van der Waals surface area contributed by atoms with Crippen LogP contribution in [0.2, 0.25) is 0 Å². The minimum Gasteiger partial charge on any atom is -0.439 e. The summed E-state index contributed by atoms with van der Waals surface area (Å²) >= 11 is 1.89. The summed E-state index contributed by atoms with van der Waals surface area (Å²) in [5.74, 6) is 3.29. The van der Waals surface area contributed by atoms with Gasteiger partial charge in [0.1, 0.15) is 5.75 Å². The fourth-order valence-corrected chi connectivity index (χ4v) is 3.03. The van der Waals surface area contributed by atoms with Crippen LogP contribution in [0.25, 0.3) is 0 Å². The smallest absolute Gasteiger partial charge is 0.255 e. The van der Waals surface area contributed by atoms with E-state index < -0.39 is 0 Å². The molecule has 0 unspecified atom stereocenters. The number of aromatic nitrogens is 1. The molecule has 4 nitrogen and oxygen atoms in total. The van der Waals surface area contributed by atoms with Crippen molar-refractivity contribution in [2.24, 2.45) is 0 Å². The van der Waals surface area contributed by atoms with E-state index in [0.717, 1.165) is 30.3 Å². The number of carbonyl (C=O) groups is 1. The molecule has 5 heteroatoms. The topological polar surface area (TPSA) is 42.4 Å². The number of benzene rings is 1. The molecule has 0 radical (unpaired) electrons. The van der Waals surface area contributed by atoms with Crippen molar-refractivity contribution >= 4 is 17.7 Å². The molecule has 1 aromatic carbocycles. The van der Waals surface area contributed by atoms with E-state index in [0.29, 0.717) is 11.4 Å². The molecule has 1 aromatic heterocycles. The second-order valence-corrected chi connectivity index (χ2v) is 5.93. The molecule has 0 atom stereocenters. The average molecular weight is 300 g/mol. The van der Waals surface area contributed by atoms with Gasteiger partial charge in [-0.2, -0.15) is 11.8 Å². The predicted molar refractivity (Wildman–Crippen MR) is 84.0 cm³/mol. The number of carbonyl (C=O) groups excluding carboxylic acids is 1. The number of hydrogen-bond donors (Lipinski definition) is 0. The van der Waals surface area contributed by atoms with Gasteiger partial charge in [-0.1, -0.05) is 18.2 Å². The quantitative estimate of drug-likeness (QED) is 0.873. The first kappa shape index (κ1) is 13.9. The fraction of sp³-hybridized carbons (Fsp3) is 0.250. The van der Waals surface area contributed by atoms with E-state index in [-0.39, 0.29) is 5.91 Å². The monoisotopic (exact) mass is 300 g/mol. The van der Waals surface area contributed by atoms with Crippen molar-refractivity contribution in [1.82, 2.24) is 9.88 Å². The van der Waals surface area contributed by atoms with Gasteiger partial charge in [0, 0.05) is 36.9 Å². The molecule has 1 amide bonds. The van der Waals surface area contributed by atoms with Crippen molar-refractivity contribution in [3.8, 4) is 11.6 Å². The van der Waals surface area contributed by atoms with Crippen LogP contribution in [0.4, 0.5) is 0 Å². The van der Waals surface area contributed by atoms with Crippen molar-refractivity contribution in [2.75, 3.05) is 24.6 Å². The molecule has 2 heterocycles. The van der Waals surface area contributed by atoms with Crippen molar-refractivity contribution in [2.45, 2.75) is 0 Å². The van der Waals surface area contributed by atoms with Crippen molar-refractivity contribution < 1.29 is 9.53 Å². The number of thioether (sulfide) groups is 1. The first-order valence-corrected chi connectivity index (χ1v) is 8.04. The second-order valence-electron chi connectivity index (χ2n) is 4.70. The SMILES string of the molecule is O=C(c1ccc(Oc2ccccc2)nc1)N1CCSCC1. The lowest BCUT2D eigenvalue weighted by Gasteiger charge is -2.26. The van der Waals surface area contributed by atoms with Crippen LogP contribution in [0, 0.1) is 0 Å². The van der Waals surface area contributed by atoms with E-state index in [1.54, 1.807) is 18.3 Å². The third kappa shape index (κ3) is 3.55. The fourth-order valence-electron chi connectivity index (χ4n) is 2.13. The van der Waals surface area contributed by atoms with E-state index in [4.69, 9.17) is 4.74 Å². The van der Waals surface area contributed by atoms with Gasteiger partial charge in [0.05, 0.1) is 5.56 Å². The van der Waals surface area contributed by atoms with Crippen molar-refractivity contribution in [3.63, 3.8) is 0 Å². The van der Waals surface area contributed by atoms with Crippen LogP contribution in [-0.2, 0) is 0 Å². The van der Waals surface area contributed by atoms with Crippen LogP contribution >= 0.6 is 11.8 Å². The maximum absolute atomic E-state index is 12.3. The zero-order chi connectivity index (χ0) is 14.5. The number of rotatable bonds is 3. The maximum atomic E-state index is 12.3. The van der Waals surface area contributed by atoms with Crippen LogP contribution in [0.15, 0.2) is 48.7 Å². The van der Waals surface area contributed by atoms with Gasteiger partial charge in [-0.25, -0.2) is 4.98 Å². The first-order chi connectivity index (χ1) is 10.3. The van der Waals surface area contributed by atoms with Gasteiger partial charge in [0.2, 0.25) is 5.88 Å². The Kier molecular flexibility index (Phi) is 4.40.